The van der Waals surface area contributed by atoms with Crippen LogP contribution in [0.2, 0.25) is 0 Å². The Morgan fingerprint density at radius 1 is 1.25 bits per heavy atom. The number of carbonyl (C=O) groups is 2. The molecule has 1 N–H and O–H groups in total. The van der Waals surface area contributed by atoms with Crippen molar-refractivity contribution in [2.45, 2.75) is 13.0 Å². The van der Waals surface area contributed by atoms with E-state index in [2.05, 4.69) is 5.32 Å². The molecule has 6 heteroatoms. The quantitative estimate of drug-likeness (QED) is 0.921. The summed E-state index contributed by atoms with van der Waals surface area (Å²) in [5, 5.41) is 11.5. The fraction of sp³-hybridized carbons (Fsp3) is 0.167. The van der Waals surface area contributed by atoms with Crippen LogP contribution < -0.4 is 15.0 Å². The Hall–Kier alpha value is -3.33. The molecular formula is C18H15N3O3. The van der Waals surface area contributed by atoms with Gasteiger partial charge in [-0.3, -0.25) is 9.59 Å². The Balaban J connectivity index is 1.82. The van der Waals surface area contributed by atoms with Crippen molar-refractivity contribution in [3.63, 3.8) is 0 Å². The van der Waals surface area contributed by atoms with Gasteiger partial charge in [0.15, 0.2) is 6.10 Å². The number of nitriles is 1. The van der Waals surface area contributed by atoms with E-state index in [1.807, 2.05) is 6.07 Å². The van der Waals surface area contributed by atoms with E-state index in [1.54, 1.807) is 56.4 Å². The molecule has 6 nitrogen and oxygen atoms in total. The molecule has 1 atom stereocenters. The van der Waals surface area contributed by atoms with Gasteiger partial charge in [-0.15, -0.1) is 0 Å². The number of ether oxygens (including phenoxy) is 1. The minimum atomic E-state index is -0.584. The second-order valence-electron chi connectivity index (χ2n) is 5.48. The molecule has 24 heavy (non-hydrogen) atoms. The zero-order chi connectivity index (χ0) is 17.3. The topological polar surface area (TPSA) is 82.4 Å². The summed E-state index contributed by atoms with van der Waals surface area (Å²) in [5.41, 5.74) is 2.18. The average molecular weight is 321 g/mol. The van der Waals surface area contributed by atoms with Gasteiger partial charge in [-0.05, 0) is 49.4 Å². The van der Waals surface area contributed by atoms with E-state index in [0.717, 1.165) is 0 Å². The van der Waals surface area contributed by atoms with Crippen LogP contribution in [0.1, 0.15) is 22.8 Å². The van der Waals surface area contributed by atoms with Gasteiger partial charge in [0.2, 0.25) is 0 Å². The third kappa shape index (κ3) is 2.79. The molecule has 0 fully saturated rings. The van der Waals surface area contributed by atoms with Crippen LogP contribution in [0.3, 0.4) is 0 Å². The molecule has 120 valence electrons. The zero-order valence-corrected chi connectivity index (χ0v) is 13.2. The molecular weight excluding hydrogens is 306 g/mol. The number of anilines is 2. The SMILES string of the molecule is CC1Oc2cc(C(=O)Nc3ccc(C#N)cc3)ccc2N(C)C1=O. The van der Waals surface area contributed by atoms with Crippen LogP contribution in [-0.4, -0.2) is 25.0 Å². The first-order valence-electron chi connectivity index (χ1n) is 7.39. The highest BCUT2D eigenvalue weighted by atomic mass is 16.5. The first kappa shape index (κ1) is 15.6. The van der Waals surface area contributed by atoms with Gasteiger partial charge in [0.1, 0.15) is 5.75 Å². The molecule has 0 radical (unpaired) electrons. The molecule has 3 rings (SSSR count). The predicted molar refractivity (Wildman–Crippen MR) is 89.1 cm³/mol. The molecule has 2 aromatic rings. The standard InChI is InChI=1S/C18H15N3O3/c1-11-18(23)21(2)15-8-5-13(9-16(15)24-11)17(22)20-14-6-3-12(10-19)4-7-14/h3-9,11H,1-2H3,(H,20,22). The van der Waals surface area contributed by atoms with Crippen molar-refractivity contribution in [3.8, 4) is 11.8 Å². The van der Waals surface area contributed by atoms with Crippen molar-refractivity contribution < 1.29 is 14.3 Å². The highest BCUT2D eigenvalue weighted by molar-refractivity contribution is 6.06. The van der Waals surface area contributed by atoms with Gasteiger partial charge in [0, 0.05) is 18.3 Å². The van der Waals surface area contributed by atoms with Crippen LogP contribution in [0.15, 0.2) is 42.5 Å². The molecule has 0 aromatic heterocycles. The summed E-state index contributed by atoms with van der Waals surface area (Å²) in [7, 11) is 1.68. The first-order valence-corrected chi connectivity index (χ1v) is 7.39. The Kier molecular flexibility index (Phi) is 3.92. The zero-order valence-electron chi connectivity index (χ0n) is 13.2. The molecule has 1 unspecified atom stereocenters. The largest absolute Gasteiger partial charge is 0.479 e. The van der Waals surface area contributed by atoms with Gasteiger partial charge in [0.25, 0.3) is 11.8 Å². The number of amides is 2. The van der Waals surface area contributed by atoms with Crippen LogP contribution in [-0.2, 0) is 4.79 Å². The Morgan fingerprint density at radius 3 is 2.62 bits per heavy atom. The van der Waals surface area contributed by atoms with Crippen molar-refractivity contribution in [1.29, 1.82) is 5.26 Å². The second kappa shape index (κ2) is 6.05. The lowest BCUT2D eigenvalue weighted by molar-refractivity contribution is -0.125. The minimum Gasteiger partial charge on any atom is -0.479 e. The van der Waals surface area contributed by atoms with E-state index in [4.69, 9.17) is 10.00 Å². The van der Waals surface area contributed by atoms with E-state index >= 15 is 0 Å². The van der Waals surface area contributed by atoms with E-state index in [0.29, 0.717) is 28.3 Å². The summed E-state index contributed by atoms with van der Waals surface area (Å²) in [4.78, 5) is 25.8. The highest BCUT2D eigenvalue weighted by Gasteiger charge is 2.29. The van der Waals surface area contributed by atoms with Crippen LogP contribution >= 0.6 is 0 Å². The van der Waals surface area contributed by atoms with Crippen molar-refractivity contribution in [2.24, 2.45) is 0 Å². The smallest absolute Gasteiger partial charge is 0.267 e. The summed E-state index contributed by atoms with van der Waals surface area (Å²) in [6.07, 6.45) is -0.584. The van der Waals surface area contributed by atoms with Gasteiger partial charge in [0.05, 0.1) is 17.3 Å². The minimum absolute atomic E-state index is 0.128. The molecule has 2 amide bonds. The average Bonchev–Trinajstić information content (AvgIpc) is 2.60. The lowest BCUT2D eigenvalue weighted by Gasteiger charge is -2.30. The maximum absolute atomic E-state index is 12.4. The van der Waals surface area contributed by atoms with Gasteiger partial charge >= 0.3 is 0 Å². The number of likely N-dealkylation sites (N-methyl/N-ethyl adjacent to an activating group) is 1. The molecule has 1 aliphatic heterocycles. The van der Waals surface area contributed by atoms with E-state index < -0.39 is 6.10 Å². The third-order valence-corrected chi connectivity index (χ3v) is 3.84. The summed E-state index contributed by atoms with van der Waals surface area (Å²) in [6.45, 7) is 1.67. The second-order valence-corrected chi connectivity index (χ2v) is 5.48. The maximum Gasteiger partial charge on any atom is 0.267 e. The van der Waals surface area contributed by atoms with Crippen molar-refractivity contribution in [1.82, 2.24) is 0 Å². The molecule has 1 aliphatic rings. The van der Waals surface area contributed by atoms with Gasteiger partial charge < -0.3 is 15.0 Å². The lowest BCUT2D eigenvalue weighted by atomic mass is 10.1. The number of hydrogen-bond donors (Lipinski definition) is 1. The number of carbonyl (C=O) groups excluding carboxylic acids is 2. The molecule has 0 bridgehead atoms. The molecule has 0 spiro atoms. The monoisotopic (exact) mass is 321 g/mol. The predicted octanol–water partition coefficient (Wildman–Crippen LogP) is 2.55. The van der Waals surface area contributed by atoms with Crippen molar-refractivity contribution >= 4 is 23.2 Å². The van der Waals surface area contributed by atoms with Crippen LogP contribution in [0.5, 0.6) is 5.75 Å². The summed E-state index contributed by atoms with van der Waals surface area (Å²) >= 11 is 0. The number of fused-ring (bicyclic) bond motifs is 1. The maximum atomic E-state index is 12.4. The van der Waals surface area contributed by atoms with E-state index in [1.165, 1.54) is 4.90 Å². The normalized spacial score (nSPS) is 16.0. The fourth-order valence-corrected chi connectivity index (χ4v) is 2.49. The summed E-state index contributed by atoms with van der Waals surface area (Å²) in [5.74, 6) is 0.0766. The number of hydrogen-bond acceptors (Lipinski definition) is 4. The highest BCUT2D eigenvalue weighted by Crippen LogP contribution is 2.34. The molecule has 0 aliphatic carbocycles. The number of nitrogens with one attached hydrogen (secondary N) is 1. The van der Waals surface area contributed by atoms with E-state index in [-0.39, 0.29) is 11.8 Å². The number of nitrogens with zero attached hydrogens (tertiary/aromatic N) is 2. The molecule has 0 saturated heterocycles. The van der Waals surface area contributed by atoms with Crippen molar-refractivity contribution in [3.05, 3.63) is 53.6 Å². The van der Waals surface area contributed by atoms with Gasteiger partial charge in [-0.1, -0.05) is 0 Å². The Labute approximate surface area is 139 Å². The molecule has 1 heterocycles. The Bertz CT molecular complexity index is 853. The Morgan fingerprint density at radius 2 is 1.96 bits per heavy atom. The third-order valence-electron chi connectivity index (χ3n) is 3.84. The molecule has 0 saturated carbocycles. The van der Waals surface area contributed by atoms with Gasteiger partial charge in [-0.25, -0.2) is 0 Å². The summed E-state index contributed by atoms with van der Waals surface area (Å²) in [6, 6.07) is 13.6. The van der Waals surface area contributed by atoms with Crippen LogP contribution in [0, 0.1) is 11.3 Å². The van der Waals surface area contributed by atoms with Crippen molar-refractivity contribution in [2.75, 3.05) is 17.3 Å². The summed E-state index contributed by atoms with van der Waals surface area (Å²) < 4.78 is 5.58. The lowest BCUT2D eigenvalue weighted by Crippen LogP contribution is -2.42. The van der Waals surface area contributed by atoms with E-state index in [9.17, 15) is 9.59 Å². The number of rotatable bonds is 2. The fourth-order valence-electron chi connectivity index (χ4n) is 2.49. The molecule has 2 aromatic carbocycles. The first-order chi connectivity index (χ1) is 11.5. The van der Waals surface area contributed by atoms with Crippen LogP contribution in [0.25, 0.3) is 0 Å². The number of benzene rings is 2. The van der Waals surface area contributed by atoms with Crippen LogP contribution in [0.4, 0.5) is 11.4 Å². The van der Waals surface area contributed by atoms with Gasteiger partial charge in [-0.2, -0.15) is 5.26 Å².